The van der Waals surface area contributed by atoms with Crippen molar-refractivity contribution in [3.8, 4) is 0 Å². The van der Waals surface area contributed by atoms with E-state index < -0.39 is 23.5 Å². The van der Waals surface area contributed by atoms with Crippen molar-refractivity contribution < 1.29 is 22.4 Å². The number of amides is 1. The maximum atomic E-state index is 15.2. The van der Waals surface area contributed by atoms with Crippen LogP contribution in [0.1, 0.15) is 21.6 Å². The van der Waals surface area contributed by atoms with Gasteiger partial charge >= 0.3 is 6.18 Å². The lowest BCUT2D eigenvalue weighted by molar-refractivity contribution is -0.137. The lowest BCUT2D eigenvalue weighted by atomic mass is 10.1. The molecule has 0 aliphatic heterocycles. The zero-order valence-corrected chi connectivity index (χ0v) is 19.0. The number of carbonyl (C=O) groups is 1. The summed E-state index contributed by atoms with van der Waals surface area (Å²) in [5, 5.41) is 9.24. The molecule has 36 heavy (non-hydrogen) atoms. The molecule has 9 nitrogen and oxygen atoms in total. The highest BCUT2D eigenvalue weighted by atomic mass is 19.4. The highest BCUT2D eigenvalue weighted by molar-refractivity contribution is 6.12. The maximum Gasteiger partial charge on any atom is 0.417 e. The molecule has 0 bridgehead atoms. The number of anilines is 2. The van der Waals surface area contributed by atoms with E-state index in [4.69, 9.17) is 5.73 Å². The molecule has 0 fully saturated rings. The number of rotatable bonds is 4. The predicted molar refractivity (Wildman–Crippen MR) is 123 cm³/mol. The van der Waals surface area contributed by atoms with Crippen molar-refractivity contribution >= 4 is 39.2 Å². The fourth-order valence-electron chi connectivity index (χ4n) is 3.96. The summed E-state index contributed by atoms with van der Waals surface area (Å²) in [5.74, 6) is -1.40. The predicted octanol–water partition coefficient (Wildman–Crippen LogP) is 3.84. The number of nitrogens with two attached hydrogens (primary N) is 1. The van der Waals surface area contributed by atoms with Gasteiger partial charge in [0.25, 0.3) is 5.91 Å². The SMILES string of the molecule is Cn1cc(N(Cc2ccc(C(F)(F)F)cn2)C(=O)c2cc3c(cc2F)nc(N)c2cnn(C)c23)cn1. The van der Waals surface area contributed by atoms with Crippen molar-refractivity contribution in [1.82, 2.24) is 29.5 Å². The molecule has 0 atom stereocenters. The van der Waals surface area contributed by atoms with Crippen LogP contribution in [0.4, 0.5) is 29.1 Å². The molecule has 0 aliphatic carbocycles. The van der Waals surface area contributed by atoms with Crippen LogP contribution in [0.5, 0.6) is 0 Å². The molecule has 0 unspecified atom stereocenters. The second-order valence-corrected chi connectivity index (χ2v) is 8.18. The highest BCUT2D eigenvalue weighted by Crippen LogP contribution is 2.31. The van der Waals surface area contributed by atoms with E-state index in [-0.39, 0.29) is 29.1 Å². The normalized spacial score (nSPS) is 11.9. The lowest BCUT2D eigenvalue weighted by Gasteiger charge is -2.21. The molecule has 13 heteroatoms. The molecule has 184 valence electrons. The van der Waals surface area contributed by atoms with Crippen molar-refractivity contribution in [3.63, 3.8) is 0 Å². The smallest absolute Gasteiger partial charge is 0.383 e. The third kappa shape index (κ3) is 3.97. The largest absolute Gasteiger partial charge is 0.417 e. The van der Waals surface area contributed by atoms with Gasteiger partial charge in [0.2, 0.25) is 0 Å². The number of nitrogens with zero attached hydrogens (tertiary/aromatic N) is 7. The molecule has 0 radical (unpaired) electrons. The van der Waals surface area contributed by atoms with Gasteiger partial charge in [-0.3, -0.25) is 24.0 Å². The monoisotopic (exact) mass is 498 g/mol. The summed E-state index contributed by atoms with van der Waals surface area (Å²) in [6, 6.07) is 4.53. The van der Waals surface area contributed by atoms with Gasteiger partial charge in [0.1, 0.15) is 11.6 Å². The van der Waals surface area contributed by atoms with Crippen molar-refractivity contribution in [3.05, 3.63) is 71.7 Å². The molecular weight excluding hydrogens is 480 g/mol. The van der Waals surface area contributed by atoms with Gasteiger partial charge in [-0.2, -0.15) is 23.4 Å². The molecule has 0 spiro atoms. The molecule has 2 N–H and O–H groups in total. The molecule has 1 aromatic carbocycles. The molecule has 5 rings (SSSR count). The van der Waals surface area contributed by atoms with E-state index in [1.54, 1.807) is 18.8 Å². The van der Waals surface area contributed by atoms with Crippen molar-refractivity contribution in [1.29, 1.82) is 0 Å². The number of pyridine rings is 2. The van der Waals surface area contributed by atoms with E-state index in [0.717, 1.165) is 12.1 Å². The van der Waals surface area contributed by atoms with Gasteiger partial charge in [-0.15, -0.1) is 0 Å². The molecular formula is C23H18F4N8O. The summed E-state index contributed by atoms with van der Waals surface area (Å²) in [4.78, 5) is 22.9. The standard InChI is InChI=1S/C23H18F4N8O/c1-33-11-14(8-30-33)35(10-13-4-3-12(7-29-13)23(25,26)27)22(36)15-5-16-19(6-18(15)24)32-21(28)17-9-31-34(2)20(16)17/h3-9,11H,10H2,1-2H3,(H2,28,32). The second-order valence-electron chi connectivity index (χ2n) is 8.18. The molecule has 4 heterocycles. The maximum absolute atomic E-state index is 15.2. The third-order valence-electron chi connectivity index (χ3n) is 5.75. The first-order valence-corrected chi connectivity index (χ1v) is 10.6. The number of hydrogen-bond acceptors (Lipinski definition) is 6. The number of benzene rings is 1. The summed E-state index contributed by atoms with van der Waals surface area (Å²) >= 11 is 0. The summed E-state index contributed by atoms with van der Waals surface area (Å²) in [6.07, 6.45) is 0.589. The quantitative estimate of drug-likeness (QED) is 0.378. The number of carbonyl (C=O) groups excluding carboxylic acids is 1. The number of alkyl halides is 3. The Hall–Kier alpha value is -4.55. The average Bonchev–Trinajstić information content (AvgIpc) is 3.43. The molecule has 4 aromatic heterocycles. The van der Waals surface area contributed by atoms with Crippen LogP contribution >= 0.6 is 0 Å². The minimum Gasteiger partial charge on any atom is -0.383 e. The van der Waals surface area contributed by atoms with E-state index in [9.17, 15) is 18.0 Å². The Balaban J connectivity index is 1.60. The second kappa shape index (κ2) is 8.29. The van der Waals surface area contributed by atoms with Crippen LogP contribution in [-0.2, 0) is 26.8 Å². The minimum absolute atomic E-state index is 0.171. The summed E-state index contributed by atoms with van der Waals surface area (Å²) in [5.41, 5.74) is 6.09. The van der Waals surface area contributed by atoms with Crippen molar-refractivity contribution in [2.45, 2.75) is 12.7 Å². The number of fused-ring (bicyclic) bond motifs is 3. The number of aromatic nitrogens is 6. The topological polar surface area (TPSA) is 108 Å². The first kappa shape index (κ1) is 23.2. The number of aryl methyl sites for hydroxylation is 2. The Bertz CT molecular complexity index is 1620. The van der Waals surface area contributed by atoms with Crippen molar-refractivity contribution in [2.24, 2.45) is 14.1 Å². The van der Waals surface area contributed by atoms with Gasteiger partial charge in [-0.1, -0.05) is 0 Å². The lowest BCUT2D eigenvalue weighted by Crippen LogP contribution is -2.31. The van der Waals surface area contributed by atoms with E-state index in [1.807, 2.05) is 0 Å². The number of hydrogen-bond donors (Lipinski definition) is 1. The first-order valence-electron chi connectivity index (χ1n) is 10.6. The van der Waals surface area contributed by atoms with Crippen LogP contribution in [0.2, 0.25) is 0 Å². The Morgan fingerprint density at radius 1 is 1.08 bits per heavy atom. The summed E-state index contributed by atoms with van der Waals surface area (Å²) in [6.45, 7) is -0.221. The van der Waals surface area contributed by atoms with Crippen LogP contribution in [0, 0.1) is 5.82 Å². The van der Waals surface area contributed by atoms with E-state index in [2.05, 4.69) is 20.2 Å². The number of halogens is 4. The fraction of sp³-hybridized carbons (Fsp3) is 0.174. The van der Waals surface area contributed by atoms with Gasteiger partial charge in [0, 0.05) is 37.9 Å². The minimum atomic E-state index is -4.55. The van der Waals surface area contributed by atoms with Crippen molar-refractivity contribution in [2.75, 3.05) is 10.6 Å². The van der Waals surface area contributed by atoms with Gasteiger partial charge in [-0.05, 0) is 18.2 Å². The van der Waals surface area contributed by atoms with Crippen LogP contribution < -0.4 is 10.6 Å². The van der Waals surface area contributed by atoms with Gasteiger partial charge in [0.15, 0.2) is 0 Å². The Morgan fingerprint density at radius 2 is 1.86 bits per heavy atom. The van der Waals surface area contributed by atoms with Crippen LogP contribution in [0.25, 0.3) is 21.8 Å². The van der Waals surface area contributed by atoms with Gasteiger partial charge in [0.05, 0.1) is 57.9 Å². The zero-order chi connectivity index (χ0) is 25.8. The summed E-state index contributed by atoms with van der Waals surface area (Å²) < 4.78 is 57.0. The van der Waals surface area contributed by atoms with Crippen LogP contribution in [0.15, 0.2) is 49.1 Å². The number of nitrogen functional groups attached to an aromatic ring is 1. The summed E-state index contributed by atoms with van der Waals surface area (Å²) in [7, 11) is 3.32. The molecule has 1 amide bonds. The molecule has 0 saturated heterocycles. The molecule has 5 aromatic rings. The Labute approximate surface area is 200 Å². The van der Waals surface area contributed by atoms with Crippen LogP contribution in [0.3, 0.4) is 0 Å². The van der Waals surface area contributed by atoms with Gasteiger partial charge < -0.3 is 5.73 Å². The van der Waals surface area contributed by atoms with Gasteiger partial charge in [-0.25, -0.2) is 9.37 Å². The molecule has 0 saturated carbocycles. The Morgan fingerprint density at radius 3 is 2.50 bits per heavy atom. The Kier molecular flexibility index (Phi) is 5.34. The van der Waals surface area contributed by atoms with E-state index >= 15 is 4.39 Å². The fourth-order valence-corrected chi connectivity index (χ4v) is 3.96. The first-order chi connectivity index (χ1) is 17.0. The average molecular weight is 498 g/mol. The van der Waals surface area contributed by atoms with E-state index in [0.29, 0.717) is 28.2 Å². The molecule has 0 aliphatic rings. The van der Waals surface area contributed by atoms with E-state index in [1.165, 1.54) is 40.3 Å². The zero-order valence-electron chi connectivity index (χ0n) is 19.0. The third-order valence-corrected chi connectivity index (χ3v) is 5.75. The van der Waals surface area contributed by atoms with Crippen LogP contribution in [-0.4, -0.2) is 35.4 Å². The highest BCUT2D eigenvalue weighted by Gasteiger charge is 2.31.